The van der Waals surface area contributed by atoms with E-state index in [0.29, 0.717) is 24.9 Å². The van der Waals surface area contributed by atoms with Crippen LogP contribution >= 0.6 is 12.4 Å². The van der Waals surface area contributed by atoms with Crippen molar-refractivity contribution in [1.82, 2.24) is 4.90 Å². The van der Waals surface area contributed by atoms with Gasteiger partial charge in [0.15, 0.2) is 0 Å². The van der Waals surface area contributed by atoms with E-state index in [9.17, 15) is 4.79 Å². The number of carbonyl (C=O) groups is 1. The van der Waals surface area contributed by atoms with Gasteiger partial charge in [-0.15, -0.1) is 12.4 Å². The Morgan fingerprint density at radius 1 is 1.56 bits per heavy atom. The number of esters is 1. The summed E-state index contributed by atoms with van der Waals surface area (Å²) in [6.45, 7) is 4.76. The van der Waals surface area contributed by atoms with Crippen LogP contribution in [0.3, 0.4) is 0 Å². The Kier molecular flexibility index (Phi) is 7.72. The van der Waals surface area contributed by atoms with Crippen LogP contribution < -0.4 is 5.73 Å². The summed E-state index contributed by atoms with van der Waals surface area (Å²) in [7, 11) is 1.43. The summed E-state index contributed by atoms with van der Waals surface area (Å²) in [5.41, 5.74) is 5.77. The molecule has 1 aliphatic heterocycles. The summed E-state index contributed by atoms with van der Waals surface area (Å²) in [6.07, 6.45) is 2.93. The molecule has 0 amide bonds. The standard InChI is InChI=1S/C11H22N2O2.ClH/c1-9-4-3-6-13(10(9)8-12)7-5-11(14)15-2;/h9-10H,3-8,12H2,1-2H3;1H. The minimum Gasteiger partial charge on any atom is -0.469 e. The Hall–Kier alpha value is -0.320. The summed E-state index contributed by atoms with van der Waals surface area (Å²) in [4.78, 5) is 13.4. The number of nitrogens with zero attached hydrogens (tertiary/aromatic N) is 1. The van der Waals surface area contributed by atoms with Gasteiger partial charge in [0.2, 0.25) is 0 Å². The van der Waals surface area contributed by atoms with Gasteiger partial charge in [0, 0.05) is 19.1 Å². The lowest BCUT2D eigenvalue weighted by Crippen LogP contribution is -2.49. The first kappa shape index (κ1) is 15.7. The monoisotopic (exact) mass is 250 g/mol. The van der Waals surface area contributed by atoms with Crippen molar-refractivity contribution in [2.75, 3.05) is 26.7 Å². The highest BCUT2D eigenvalue weighted by atomic mass is 35.5. The molecule has 4 nitrogen and oxygen atoms in total. The number of rotatable bonds is 4. The van der Waals surface area contributed by atoms with Crippen LogP contribution in [0.4, 0.5) is 0 Å². The molecule has 16 heavy (non-hydrogen) atoms. The molecule has 1 aliphatic rings. The van der Waals surface area contributed by atoms with E-state index in [2.05, 4.69) is 16.6 Å². The normalized spacial score (nSPS) is 25.9. The molecule has 0 aromatic rings. The van der Waals surface area contributed by atoms with Gasteiger partial charge in [-0.1, -0.05) is 6.92 Å². The van der Waals surface area contributed by atoms with E-state index in [0.717, 1.165) is 13.1 Å². The van der Waals surface area contributed by atoms with Crippen LogP contribution in [0, 0.1) is 5.92 Å². The fraction of sp³-hybridized carbons (Fsp3) is 0.909. The third kappa shape index (κ3) is 4.28. The van der Waals surface area contributed by atoms with Gasteiger partial charge in [-0.05, 0) is 25.3 Å². The fourth-order valence-corrected chi connectivity index (χ4v) is 2.33. The molecule has 0 spiro atoms. The molecule has 0 aromatic carbocycles. The van der Waals surface area contributed by atoms with Crippen molar-refractivity contribution in [2.45, 2.75) is 32.2 Å². The SMILES string of the molecule is COC(=O)CCN1CCCC(C)C1CN.Cl. The van der Waals surface area contributed by atoms with Crippen LogP contribution in [0.5, 0.6) is 0 Å². The predicted octanol–water partition coefficient (Wildman–Crippen LogP) is 1.03. The van der Waals surface area contributed by atoms with Gasteiger partial charge in [-0.25, -0.2) is 0 Å². The Morgan fingerprint density at radius 3 is 2.81 bits per heavy atom. The van der Waals surface area contributed by atoms with E-state index in [1.165, 1.54) is 20.0 Å². The number of likely N-dealkylation sites (tertiary alicyclic amines) is 1. The third-order valence-corrected chi connectivity index (χ3v) is 3.30. The maximum absolute atomic E-state index is 11.1. The molecule has 0 radical (unpaired) electrons. The quantitative estimate of drug-likeness (QED) is 0.758. The van der Waals surface area contributed by atoms with Crippen LogP contribution in [0.1, 0.15) is 26.2 Å². The Bertz CT molecular complexity index is 214. The van der Waals surface area contributed by atoms with Crippen molar-refractivity contribution < 1.29 is 9.53 Å². The van der Waals surface area contributed by atoms with E-state index < -0.39 is 0 Å². The van der Waals surface area contributed by atoms with E-state index in [-0.39, 0.29) is 18.4 Å². The third-order valence-electron chi connectivity index (χ3n) is 3.30. The summed E-state index contributed by atoms with van der Waals surface area (Å²) in [6, 6.07) is 0.434. The van der Waals surface area contributed by atoms with Crippen LogP contribution in [-0.4, -0.2) is 43.7 Å². The summed E-state index contributed by atoms with van der Waals surface area (Å²) >= 11 is 0. The van der Waals surface area contributed by atoms with Gasteiger partial charge in [0.05, 0.1) is 13.5 Å². The molecular weight excluding hydrogens is 228 g/mol. The first-order valence-electron chi connectivity index (χ1n) is 5.70. The molecule has 0 saturated carbocycles. The first-order chi connectivity index (χ1) is 7.19. The molecule has 96 valence electrons. The minimum atomic E-state index is -0.135. The molecule has 1 rings (SSSR count). The minimum absolute atomic E-state index is 0. The maximum Gasteiger partial charge on any atom is 0.306 e. The van der Waals surface area contributed by atoms with Crippen molar-refractivity contribution in [3.05, 3.63) is 0 Å². The van der Waals surface area contributed by atoms with Gasteiger partial charge < -0.3 is 10.5 Å². The number of ether oxygens (including phenoxy) is 1. The second kappa shape index (κ2) is 7.87. The van der Waals surface area contributed by atoms with Crippen molar-refractivity contribution in [1.29, 1.82) is 0 Å². The van der Waals surface area contributed by atoms with Gasteiger partial charge in [0.25, 0.3) is 0 Å². The molecule has 1 fully saturated rings. The summed E-state index contributed by atoms with van der Waals surface area (Å²) in [5.74, 6) is 0.505. The highest BCUT2D eigenvalue weighted by Gasteiger charge is 2.27. The molecule has 0 aromatic heterocycles. The number of nitrogens with two attached hydrogens (primary N) is 1. The lowest BCUT2D eigenvalue weighted by atomic mass is 9.91. The van der Waals surface area contributed by atoms with Crippen LogP contribution in [0.2, 0.25) is 0 Å². The number of methoxy groups -OCH3 is 1. The smallest absolute Gasteiger partial charge is 0.306 e. The van der Waals surface area contributed by atoms with Gasteiger partial charge >= 0.3 is 5.97 Å². The molecule has 2 atom stereocenters. The molecular formula is C11H23ClN2O2. The zero-order chi connectivity index (χ0) is 11.3. The van der Waals surface area contributed by atoms with Crippen molar-refractivity contribution >= 4 is 18.4 Å². The van der Waals surface area contributed by atoms with Crippen molar-refractivity contribution in [2.24, 2.45) is 11.7 Å². The summed E-state index contributed by atoms with van der Waals surface area (Å²) < 4.78 is 4.64. The Balaban J connectivity index is 0.00000225. The maximum atomic E-state index is 11.1. The average molecular weight is 251 g/mol. The van der Waals surface area contributed by atoms with Crippen LogP contribution in [0.25, 0.3) is 0 Å². The zero-order valence-electron chi connectivity index (χ0n) is 10.1. The average Bonchev–Trinajstić information content (AvgIpc) is 2.25. The molecule has 2 unspecified atom stereocenters. The number of carbonyl (C=O) groups excluding carboxylic acids is 1. The fourth-order valence-electron chi connectivity index (χ4n) is 2.33. The molecule has 1 heterocycles. The van der Waals surface area contributed by atoms with Crippen molar-refractivity contribution in [3.63, 3.8) is 0 Å². The lowest BCUT2D eigenvalue weighted by Gasteiger charge is -2.39. The van der Waals surface area contributed by atoms with E-state index in [1.807, 2.05) is 0 Å². The lowest BCUT2D eigenvalue weighted by molar-refractivity contribution is -0.141. The first-order valence-corrected chi connectivity index (χ1v) is 5.70. The Morgan fingerprint density at radius 2 is 2.25 bits per heavy atom. The van der Waals surface area contributed by atoms with Gasteiger partial charge in [-0.2, -0.15) is 0 Å². The van der Waals surface area contributed by atoms with Gasteiger partial charge in [0.1, 0.15) is 0 Å². The predicted molar refractivity (Wildman–Crippen MR) is 66.7 cm³/mol. The Labute approximate surface area is 104 Å². The number of halogens is 1. The second-order valence-electron chi connectivity index (χ2n) is 4.28. The largest absolute Gasteiger partial charge is 0.469 e. The zero-order valence-corrected chi connectivity index (χ0v) is 11.0. The summed E-state index contributed by atoms with van der Waals surface area (Å²) in [5, 5.41) is 0. The van der Waals surface area contributed by atoms with Crippen molar-refractivity contribution in [3.8, 4) is 0 Å². The second-order valence-corrected chi connectivity index (χ2v) is 4.28. The topological polar surface area (TPSA) is 55.6 Å². The van der Waals surface area contributed by atoms with E-state index >= 15 is 0 Å². The van der Waals surface area contributed by atoms with Crippen LogP contribution in [0.15, 0.2) is 0 Å². The number of piperidine rings is 1. The molecule has 0 aliphatic carbocycles. The van der Waals surface area contributed by atoms with E-state index in [1.54, 1.807) is 0 Å². The van der Waals surface area contributed by atoms with Crippen LogP contribution in [-0.2, 0) is 9.53 Å². The number of hydrogen-bond donors (Lipinski definition) is 1. The molecule has 2 N–H and O–H groups in total. The van der Waals surface area contributed by atoms with Gasteiger partial charge in [-0.3, -0.25) is 9.69 Å². The molecule has 0 bridgehead atoms. The highest BCUT2D eigenvalue weighted by Crippen LogP contribution is 2.22. The molecule has 5 heteroatoms. The molecule has 1 saturated heterocycles. The number of hydrogen-bond acceptors (Lipinski definition) is 4. The highest BCUT2D eigenvalue weighted by molar-refractivity contribution is 5.85. The van der Waals surface area contributed by atoms with E-state index in [4.69, 9.17) is 5.73 Å².